The molecule has 62 heavy (non-hydrogen) atoms. The van der Waals surface area contributed by atoms with Gasteiger partial charge in [0.15, 0.2) is 47.4 Å². The van der Waals surface area contributed by atoms with Gasteiger partial charge in [0.1, 0.15) is 34.9 Å². The molecule has 4 aromatic rings. The molecule has 0 aliphatic heterocycles. The molecule has 0 aliphatic rings. The van der Waals surface area contributed by atoms with Crippen LogP contribution in [0.15, 0.2) is 60.7 Å². The van der Waals surface area contributed by atoms with Crippen LogP contribution in [0.4, 0.5) is 0 Å². The quantitative estimate of drug-likeness (QED) is 0.0379. The zero-order valence-corrected chi connectivity index (χ0v) is 35.9. The van der Waals surface area contributed by atoms with E-state index in [-0.39, 0.29) is 70.6 Å². The summed E-state index contributed by atoms with van der Waals surface area (Å²) in [5, 5.41) is 41.2. The number of aromatic nitrogens is 3. The fraction of sp³-hybridized carbons (Fsp3) is 0.457. The number of aliphatic hydroxyl groups excluding tert-OH is 2. The SMILES string of the molecule is COc1ccc(-c2nc(-c3ccc(OC(C)C(C)=O)cc3O)nc(-c3ccc(OC(C)C(=O)OCCCCCCCCCCCCOC(=O)C(O)C(O)C(C)=O)cc3O)n2)cc1. The molecule has 1 heterocycles. The molecule has 16 nitrogen and oxygen atoms in total. The van der Waals surface area contributed by atoms with Gasteiger partial charge in [0.05, 0.1) is 31.5 Å². The van der Waals surface area contributed by atoms with E-state index in [9.17, 15) is 39.6 Å². The van der Waals surface area contributed by atoms with Gasteiger partial charge in [-0.3, -0.25) is 9.59 Å². The van der Waals surface area contributed by atoms with Crippen LogP contribution in [0, 0.1) is 0 Å². The van der Waals surface area contributed by atoms with Crippen molar-refractivity contribution in [1.29, 1.82) is 0 Å². The minimum Gasteiger partial charge on any atom is -0.507 e. The third-order valence-electron chi connectivity index (χ3n) is 9.92. The molecule has 4 atom stereocenters. The molecule has 0 aliphatic carbocycles. The largest absolute Gasteiger partial charge is 0.507 e. The van der Waals surface area contributed by atoms with Crippen molar-refractivity contribution in [2.45, 2.75) is 116 Å². The van der Waals surface area contributed by atoms with Crippen LogP contribution in [0.25, 0.3) is 34.2 Å². The lowest BCUT2D eigenvalue weighted by Gasteiger charge is -2.15. The van der Waals surface area contributed by atoms with Gasteiger partial charge in [-0.25, -0.2) is 24.5 Å². The average Bonchev–Trinajstić information content (AvgIpc) is 3.25. The van der Waals surface area contributed by atoms with E-state index in [2.05, 4.69) is 15.0 Å². The normalized spacial score (nSPS) is 13.0. The van der Waals surface area contributed by atoms with Crippen LogP contribution in [0.5, 0.6) is 28.7 Å². The molecule has 4 rings (SSSR count). The highest BCUT2D eigenvalue weighted by molar-refractivity contribution is 5.88. The van der Waals surface area contributed by atoms with Crippen molar-refractivity contribution in [3.63, 3.8) is 0 Å². The number of hydrogen-bond acceptors (Lipinski definition) is 16. The van der Waals surface area contributed by atoms with Crippen LogP contribution in [-0.4, -0.2) is 104 Å². The standard InChI is InChI=1S/C46H57N3O13/c1-28(50)30(3)61-34-20-22-36(38(52)26-34)43-47-42(32-16-18-33(58-5)19-17-32)48-44(49-43)37-23-21-35(27-39(37)53)62-31(4)45(56)59-24-14-12-10-8-6-7-9-11-13-15-25-60-46(57)41(55)40(54)29(2)51/h16-23,26-27,30-31,40-41,52-55H,6-15,24-25H2,1-5H3. The highest BCUT2D eigenvalue weighted by Gasteiger charge is 2.29. The lowest BCUT2D eigenvalue weighted by Crippen LogP contribution is -2.39. The number of phenolic OH excluding ortho intramolecular Hbond substituents is 2. The number of aliphatic hydroxyl groups is 2. The van der Waals surface area contributed by atoms with Gasteiger partial charge in [0.2, 0.25) is 0 Å². The summed E-state index contributed by atoms with van der Waals surface area (Å²) in [4.78, 5) is 61.0. The maximum atomic E-state index is 12.7. The van der Waals surface area contributed by atoms with Crippen molar-refractivity contribution in [3.05, 3.63) is 60.7 Å². The number of rotatable bonds is 26. The Kier molecular flexibility index (Phi) is 19.1. The van der Waals surface area contributed by atoms with E-state index in [0.717, 1.165) is 58.3 Å². The number of methoxy groups -OCH3 is 1. The Morgan fingerprint density at radius 2 is 0.952 bits per heavy atom. The first-order chi connectivity index (χ1) is 29.7. The number of Topliss-reactive ketones (excluding diaryl/α,β-unsaturated/α-hetero) is 2. The smallest absolute Gasteiger partial charge is 0.347 e. The van der Waals surface area contributed by atoms with Gasteiger partial charge >= 0.3 is 11.9 Å². The maximum absolute atomic E-state index is 12.7. The minimum absolute atomic E-state index is 0.101. The molecule has 0 amide bonds. The number of benzene rings is 3. The van der Waals surface area contributed by atoms with Gasteiger partial charge in [-0.2, -0.15) is 0 Å². The van der Waals surface area contributed by atoms with Crippen LogP contribution in [0.2, 0.25) is 0 Å². The Morgan fingerprint density at radius 3 is 1.39 bits per heavy atom. The first-order valence-corrected chi connectivity index (χ1v) is 20.8. The number of nitrogens with zero attached hydrogens (tertiary/aromatic N) is 3. The second-order valence-electron chi connectivity index (χ2n) is 14.9. The number of unbranched alkanes of at least 4 members (excludes halogenated alkanes) is 9. The lowest BCUT2D eigenvalue weighted by atomic mass is 10.1. The number of phenols is 2. The summed E-state index contributed by atoms with van der Waals surface area (Å²) in [6.45, 7) is 6.06. The Balaban J connectivity index is 1.24. The number of carbonyl (C=O) groups is 4. The minimum atomic E-state index is -1.86. The highest BCUT2D eigenvalue weighted by atomic mass is 16.6. The predicted octanol–water partition coefficient (Wildman–Crippen LogP) is 6.71. The number of ketones is 2. The van der Waals surface area contributed by atoms with Crippen molar-refractivity contribution >= 4 is 23.5 Å². The summed E-state index contributed by atoms with van der Waals surface area (Å²) >= 11 is 0. The van der Waals surface area contributed by atoms with Crippen LogP contribution in [0.1, 0.15) is 91.9 Å². The first kappa shape index (κ1) is 48.5. The summed E-state index contributed by atoms with van der Waals surface area (Å²) in [6, 6.07) is 16.0. The zero-order chi connectivity index (χ0) is 45.2. The Morgan fingerprint density at radius 1 is 0.532 bits per heavy atom. The fourth-order valence-corrected chi connectivity index (χ4v) is 6.09. The van der Waals surface area contributed by atoms with Crippen LogP contribution in [-0.2, 0) is 28.7 Å². The molecule has 3 aromatic carbocycles. The van der Waals surface area contributed by atoms with Crippen molar-refractivity contribution in [2.75, 3.05) is 20.3 Å². The Hall–Kier alpha value is -6.13. The highest BCUT2D eigenvalue weighted by Crippen LogP contribution is 2.36. The molecule has 0 saturated carbocycles. The molecule has 0 saturated heterocycles. The number of ether oxygens (including phenoxy) is 5. The molecule has 4 unspecified atom stereocenters. The molecule has 0 bridgehead atoms. The summed E-state index contributed by atoms with van der Waals surface area (Å²) in [6.07, 6.45) is 4.07. The van der Waals surface area contributed by atoms with Crippen molar-refractivity contribution in [3.8, 4) is 62.9 Å². The number of esters is 2. The van der Waals surface area contributed by atoms with Gasteiger partial charge in [0.25, 0.3) is 0 Å². The van der Waals surface area contributed by atoms with Gasteiger partial charge in [0, 0.05) is 17.7 Å². The molecular formula is C46H57N3O13. The monoisotopic (exact) mass is 859 g/mol. The second kappa shape index (κ2) is 24.3. The van der Waals surface area contributed by atoms with E-state index in [1.54, 1.807) is 69.5 Å². The van der Waals surface area contributed by atoms with Crippen molar-refractivity contribution in [1.82, 2.24) is 15.0 Å². The van der Waals surface area contributed by atoms with Crippen LogP contribution >= 0.6 is 0 Å². The van der Waals surface area contributed by atoms with E-state index in [4.69, 9.17) is 23.7 Å². The van der Waals surface area contributed by atoms with E-state index in [1.165, 1.54) is 19.1 Å². The van der Waals surface area contributed by atoms with E-state index >= 15 is 0 Å². The molecule has 16 heteroatoms. The second-order valence-corrected chi connectivity index (χ2v) is 14.9. The van der Waals surface area contributed by atoms with E-state index < -0.39 is 42.1 Å². The van der Waals surface area contributed by atoms with Gasteiger partial charge in [-0.1, -0.05) is 51.4 Å². The van der Waals surface area contributed by atoms with Crippen LogP contribution < -0.4 is 14.2 Å². The van der Waals surface area contributed by atoms with Crippen molar-refractivity contribution in [2.24, 2.45) is 0 Å². The molecule has 0 fully saturated rings. The molecular weight excluding hydrogens is 803 g/mol. The van der Waals surface area contributed by atoms with Crippen molar-refractivity contribution < 1.29 is 63.3 Å². The molecule has 1 aromatic heterocycles. The summed E-state index contributed by atoms with van der Waals surface area (Å²) in [7, 11) is 1.55. The Bertz CT molecular complexity index is 2110. The molecule has 0 radical (unpaired) electrons. The zero-order valence-electron chi connectivity index (χ0n) is 35.9. The maximum Gasteiger partial charge on any atom is 0.347 e. The fourth-order valence-electron chi connectivity index (χ4n) is 6.09. The Labute approximate surface area is 361 Å². The van der Waals surface area contributed by atoms with Gasteiger partial charge in [-0.15, -0.1) is 0 Å². The van der Waals surface area contributed by atoms with E-state index in [1.807, 2.05) is 0 Å². The third-order valence-corrected chi connectivity index (χ3v) is 9.92. The number of hydrogen-bond donors (Lipinski definition) is 4. The predicted molar refractivity (Wildman–Crippen MR) is 228 cm³/mol. The van der Waals surface area contributed by atoms with E-state index in [0.29, 0.717) is 24.2 Å². The van der Waals surface area contributed by atoms with Crippen LogP contribution in [0.3, 0.4) is 0 Å². The van der Waals surface area contributed by atoms with Gasteiger partial charge in [-0.05, 0) is 89.1 Å². The average molecular weight is 860 g/mol. The number of aromatic hydroxyl groups is 2. The number of carbonyl (C=O) groups excluding carboxylic acids is 4. The summed E-state index contributed by atoms with van der Waals surface area (Å²) in [5.41, 5.74) is 1.12. The first-order valence-electron chi connectivity index (χ1n) is 20.8. The third kappa shape index (κ3) is 14.8. The summed E-state index contributed by atoms with van der Waals surface area (Å²) in [5.74, 6) is -1.23. The molecule has 4 N–H and O–H groups in total. The molecule has 334 valence electrons. The van der Waals surface area contributed by atoms with Gasteiger partial charge < -0.3 is 44.1 Å². The lowest BCUT2D eigenvalue weighted by molar-refractivity contribution is -0.162. The topological polar surface area (TPSA) is 234 Å². The summed E-state index contributed by atoms with van der Waals surface area (Å²) < 4.78 is 27.1. The molecule has 0 spiro atoms.